The number of rotatable bonds is 3. The topological polar surface area (TPSA) is 92.0 Å². The predicted molar refractivity (Wildman–Crippen MR) is 109 cm³/mol. The number of hydrogen-bond donors (Lipinski definition) is 0. The molecule has 7 nitrogen and oxygen atoms in total. The van der Waals surface area contributed by atoms with Crippen LogP contribution in [0.15, 0.2) is 33.2 Å². The van der Waals surface area contributed by atoms with Gasteiger partial charge in [-0.25, -0.2) is 0 Å². The summed E-state index contributed by atoms with van der Waals surface area (Å²) >= 11 is 0. The van der Waals surface area contributed by atoms with E-state index in [1.54, 1.807) is 0 Å². The van der Waals surface area contributed by atoms with Crippen LogP contribution in [0.5, 0.6) is 0 Å². The van der Waals surface area contributed by atoms with Crippen LogP contribution >= 0.6 is 0 Å². The van der Waals surface area contributed by atoms with Gasteiger partial charge in [-0.3, -0.25) is 0 Å². The van der Waals surface area contributed by atoms with Crippen molar-refractivity contribution < 1.29 is 8.94 Å². The van der Waals surface area contributed by atoms with Crippen molar-refractivity contribution in [1.29, 1.82) is 5.26 Å². The lowest BCUT2D eigenvalue weighted by molar-refractivity contribution is 0.324. The third-order valence-electron chi connectivity index (χ3n) is 5.32. The highest BCUT2D eigenvalue weighted by molar-refractivity contribution is 5.59. The largest absolute Gasteiger partial charge is 0.423 e. The molecular formula is C22H25N5O2. The van der Waals surface area contributed by atoms with E-state index in [9.17, 15) is 5.26 Å². The second-order valence-electron chi connectivity index (χ2n) is 8.57. The van der Waals surface area contributed by atoms with E-state index in [1.807, 2.05) is 52.0 Å². The molecule has 0 aliphatic carbocycles. The molecule has 1 fully saturated rings. The molecule has 29 heavy (non-hydrogen) atoms. The zero-order valence-electron chi connectivity index (χ0n) is 17.3. The fraction of sp³-hybridized carbons (Fsp3) is 0.455. The van der Waals surface area contributed by atoms with E-state index >= 15 is 0 Å². The number of piperidine rings is 1. The van der Waals surface area contributed by atoms with Gasteiger partial charge in [-0.2, -0.15) is 15.2 Å². The summed E-state index contributed by atoms with van der Waals surface area (Å²) in [6.45, 7) is 9.62. The molecular weight excluding hydrogens is 366 g/mol. The Bertz CT molecular complexity index is 1050. The highest BCUT2D eigenvalue weighted by atomic mass is 16.5. The lowest BCUT2D eigenvalue weighted by atomic mass is 9.96. The van der Waals surface area contributed by atoms with Crippen molar-refractivity contribution in [3.8, 4) is 17.5 Å². The Balaban J connectivity index is 1.48. The van der Waals surface area contributed by atoms with E-state index in [4.69, 9.17) is 8.94 Å². The summed E-state index contributed by atoms with van der Waals surface area (Å²) in [5, 5.41) is 13.6. The number of nitrogens with zero attached hydrogens (tertiary/aromatic N) is 5. The lowest BCUT2D eigenvalue weighted by Crippen LogP contribution is -2.33. The highest BCUT2D eigenvalue weighted by Crippen LogP contribution is 2.34. The third kappa shape index (κ3) is 3.75. The number of nitriles is 1. The van der Waals surface area contributed by atoms with Crippen molar-refractivity contribution in [1.82, 2.24) is 15.1 Å². The standard InChI is InChI=1S/C22H25N5O2/c1-14-7-5-6-8-16(14)18-25-19(29-26-18)15-9-11-27(12-10-15)20-17(13-23)24-21(28-20)22(2,3)4/h5-8,15H,9-12H2,1-4H3. The predicted octanol–water partition coefficient (Wildman–Crippen LogP) is 4.59. The summed E-state index contributed by atoms with van der Waals surface area (Å²) in [7, 11) is 0. The molecule has 4 rings (SSSR count). The smallest absolute Gasteiger partial charge is 0.234 e. The molecule has 150 valence electrons. The molecule has 0 amide bonds. The first-order valence-corrected chi connectivity index (χ1v) is 9.93. The molecule has 0 saturated carbocycles. The summed E-state index contributed by atoms with van der Waals surface area (Å²) in [6, 6.07) is 10.2. The highest BCUT2D eigenvalue weighted by Gasteiger charge is 2.31. The van der Waals surface area contributed by atoms with Crippen LogP contribution < -0.4 is 4.90 Å². The second kappa shape index (κ2) is 7.36. The van der Waals surface area contributed by atoms with Crippen molar-refractivity contribution in [2.45, 2.75) is 51.9 Å². The average molecular weight is 391 g/mol. The van der Waals surface area contributed by atoms with Gasteiger partial charge in [0.25, 0.3) is 0 Å². The Morgan fingerprint density at radius 3 is 2.52 bits per heavy atom. The van der Waals surface area contributed by atoms with Gasteiger partial charge in [0.15, 0.2) is 0 Å². The third-order valence-corrected chi connectivity index (χ3v) is 5.32. The zero-order chi connectivity index (χ0) is 20.6. The maximum Gasteiger partial charge on any atom is 0.234 e. The van der Waals surface area contributed by atoms with Crippen molar-refractivity contribution in [2.24, 2.45) is 0 Å². The first kappa shape index (κ1) is 19.2. The van der Waals surface area contributed by atoms with Crippen LogP contribution in [0.1, 0.15) is 62.6 Å². The Labute approximate surface area is 170 Å². The van der Waals surface area contributed by atoms with Gasteiger partial charge in [0.2, 0.25) is 29.2 Å². The molecule has 1 aromatic carbocycles. The van der Waals surface area contributed by atoms with Gasteiger partial charge in [0.05, 0.1) is 0 Å². The molecule has 0 N–H and O–H groups in total. The van der Waals surface area contributed by atoms with Crippen LogP contribution in [-0.4, -0.2) is 28.2 Å². The lowest BCUT2D eigenvalue weighted by Gasteiger charge is -2.30. The number of aromatic nitrogens is 3. The number of oxazole rings is 1. The molecule has 0 bridgehead atoms. The summed E-state index contributed by atoms with van der Waals surface area (Å²) in [4.78, 5) is 11.1. The fourth-order valence-corrected chi connectivity index (χ4v) is 3.58. The van der Waals surface area contributed by atoms with Gasteiger partial charge in [-0.05, 0) is 25.3 Å². The normalized spacial score (nSPS) is 15.5. The van der Waals surface area contributed by atoms with Crippen LogP contribution in [0.2, 0.25) is 0 Å². The summed E-state index contributed by atoms with van der Waals surface area (Å²) in [6.07, 6.45) is 1.71. The number of benzene rings is 1. The number of hydrogen-bond acceptors (Lipinski definition) is 7. The first-order valence-electron chi connectivity index (χ1n) is 9.93. The van der Waals surface area contributed by atoms with Crippen LogP contribution in [0.3, 0.4) is 0 Å². The maximum atomic E-state index is 9.46. The summed E-state index contributed by atoms with van der Waals surface area (Å²) in [5.41, 5.74) is 2.24. The van der Waals surface area contributed by atoms with E-state index in [2.05, 4.69) is 26.1 Å². The van der Waals surface area contributed by atoms with E-state index in [1.165, 1.54) is 0 Å². The van der Waals surface area contributed by atoms with Crippen molar-refractivity contribution in [2.75, 3.05) is 18.0 Å². The van der Waals surface area contributed by atoms with Crippen molar-refractivity contribution in [3.63, 3.8) is 0 Å². The Morgan fingerprint density at radius 1 is 1.14 bits per heavy atom. The molecule has 0 atom stereocenters. The second-order valence-corrected chi connectivity index (χ2v) is 8.57. The molecule has 0 unspecified atom stereocenters. The Morgan fingerprint density at radius 2 is 1.86 bits per heavy atom. The first-order chi connectivity index (χ1) is 13.9. The molecule has 1 aliphatic heterocycles. The van der Waals surface area contributed by atoms with Crippen molar-refractivity contribution >= 4 is 5.88 Å². The SMILES string of the molecule is Cc1ccccc1-c1noc(C2CCN(c3oc(C(C)(C)C)nc3C#N)CC2)n1. The van der Waals surface area contributed by atoms with Gasteiger partial charge >= 0.3 is 0 Å². The van der Waals surface area contributed by atoms with E-state index < -0.39 is 0 Å². The van der Waals surface area contributed by atoms with E-state index in [-0.39, 0.29) is 11.3 Å². The number of anilines is 1. The minimum absolute atomic E-state index is 0.201. The average Bonchev–Trinajstić information content (AvgIpc) is 3.36. The minimum Gasteiger partial charge on any atom is -0.423 e. The van der Waals surface area contributed by atoms with Crippen LogP contribution in [0.25, 0.3) is 11.4 Å². The van der Waals surface area contributed by atoms with Gasteiger partial charge in [-0.1, -0.05) is 50.2 Å². The fourth-order valence-electron chi connectivity index (χ4n) is 3.58. The Hall–Kier alpha value is -3.14. The zero-order valence-corrected chi connectivity index (χ0v) is 17.3. The maximum absolute atomic E-state index is 9.46. The van der Waals surface area contributed by atoms with Gasteiger partial charge in [-0.15, -0.1) is 0 Å². The van der Waals surface area contributed by atoms with Gasteiger partial charge in [0, 0.05) is 30.0 Å². The molecule has 3 aromatic rings. The van der Waals surface area contributed by atoms with E-state index in [0.717, 1.165) is 37.1 Å². The van der Waals surface area contributed by atoms with Gasteiger partial charge < -0.3 is 13.8 Å². The van der Waals surface area contributed by atoms with Crippen LogP contribution in [-0.2, 0) is 5.41 Å². The molecule has 3 heterocycles. The molecule has 1 aliphatic rings. The van der Waals surface area contributed by atoms with Crippen LogP contribution in [0.4, 0.5) is 5.88 Å². The van der Waals surface area contributed by atoms with Gasteiger partial charge in [0.1, 0.15) is 6.07 Å². The monoisotopic (exact) mass is 391 g/mol. The molecule has 0 spiro atoms. The quantitative estimate of drug-likeness (QED) is 0.645. The molecule has 7 heteroatoms. The minimum atomic E-state index is -0.238. The summed E-state index contributed by atoms with van der Waals surface area (Å²) < 4.78 is 11.5. The summed E-state index contributed by atoms with van der Waals surface area (Å²) in [5.74, 6) is 2.67. The molecule has 2 aromatic heterocycles. The number of aryl methyl sites for hydroxylation is 1. The Kier molecular flexibility index (Phi) is 4.87. The van der Waals surface area contributed by atoms with E-state index in [0.29, 0.717) is 29.2 Å². The molecule has 1 saturated heterocycles. The van der Waals surface area contributed by atoms with Crippen molar-refractivity contribution in [3.05, 3.63) is 47.3 Å². The molecule has 0 radical (unpaired) electrons. The van der Waals surface area contributed by atoms with Crippen LogP contribution in [0, 0.1) is 18.3 Å².